The van der Waals surface area contributed by atoms with E-state index in [0.29, 0.717) is 5.92 Å². The summed E-state index contributed by atoms with van der Waals surface area (Å²) in [5, 5.41) is 0. The summed E-state index contributed by atoms with van der Waals surface area (Å²) in [6.45, 7) is 3.06. The van der Waals surface area contributed by atoms with E-state index in [4.69, 9.17) is 0 Å². The summed E-state index contributed by atoms with van der Waals surface area (Å²) in [6, 6.07) is 0. The fourth-order valence-electron chi connectivity index (χ4n) is 2.24. The van der Waals surface area contributed by atoms with Crippen molar-refractivity contribution in [1.29, 1.82) is 0 Å². The lowest BCUT2D eigenvalue weighted by Gasteiger charge is -2.16. The highest BCUT2D eigenvalue weighted by Gasteiger charge is 2.31. The molecule has 0 amide bonds. The topological polar surface area (TPSA) is 34.1 Å². The Morgan fingerprint density at radius 2 is 1.50 bits per heavy atom. The first kappa shape index (κ1) is 9.43. The van der Waals surface area contributed by atoms with Gasteiger partial charge in [-0.25, -0.2) is 0 Å². The van der Waals surface area contributed by atoms with Crippen molar-refractivity contribution >= 4 is 11.6 Å². The standard InChI is InChI=1S/C10H16O2/c1-7(11)10(8(2)12)9-5-3-4-6-9/h9-10H,3-6H2,1-2H3. The van der Waals surface area contributed by atoms with Crippen molar-refractivity contribution in [3.8, 4) is 0 Å². The van der Waals surface area contributed by atoms with E-state index in [-0.39, 0.29) is 17.5 Å². The van der Waals surface area contributed by atoms with Crippen molar-refractivity contribution in [2.45, 2.75) is 39.5 Å². The van der Waals surface area contributed by atoms with E-state index in [0.717, 1.165) is 12.8 Å². The van der Waals surface area contributed by atoms with Crippen molar-refractivity contribution in [2.24, 2.45) is 11.8 Å². The van der Waals surface area contributed by atoms with Gasteiger partial charge in [0.2, 0.25) is 0 Å². The molecular formula is C10H16O2. The molecule has 0 spiro atoms. The largest absolute Gasteiger partial charge is 0.299 e. The minimum absolute atomic E-state index is 0.0504. The van der Waals surface area contributed by atoms with Gasteiger partial charge in [-0.2, -0.15) is 0 Å². The summed E-state index contributed by atoms with van der Waals surface area (Å²) in [6.07, 6.45) is 4.48. The Morgan fingerprint density at radius 3 is 1.83 bits per heavy atom. The van der Waals surface area contributed by atoms with Gasteiger partial charge in [-0.05, 0) is 32.6 Å². The quantitative estimate of drug-likeness (QED) is 0.604. The number of hydrogen-bond donors (Lipinski definition) is 0. The van der Waals surface area contributed by atoms with Crippen LogP contribution in [0.15, 0.2) is 0 Å². The van der Waals surface area contributed by atoms with Crippen molar-refractivity contribution in [1.82, 2.24) is 0 Å². The van der Waals surface area contributed by atoms with E-state index in [1.807, 2.05) is 0 Å². The Bertz CT molecular complexity index is 176. The molecule has 0 aromatic rings. The highest BCUT2D eigenvalue weighted by atomic mass is 16.1. The monoisotopic (exact) mass is 168 g/mol. The first-order chi connectivity index (χ1) is 5.63. The summed E-state index contributed by atoms with van der Waals surface area (Å²) in [5.41, 5.74) is 0. The van der Waals surface area contributed by atoms with Gasteiger partial charge in [0.25, 0.3) is 0 Å². The second-order valence-electron chi connectivity index (χ2n) is 3.74. The normalized spacial score (nSPS) is 18.6. The van der Waals surface area contributed by atoms with Crippen molar-refractivity contribution in [2.75, 3.05) is 0 Å². The van der Waals surface area contributed by atoms with Crippen LogP contribution < -0.4 is 0 Å². The molecule has 1 rings (SSSR count). The SMILES string of the molecule is CC(=O)C(C(C)=O)C1CCCC1. The first-order valence-electron chi connectivity index (χ1n) is 4.64. The van der Waals surface area contributed by atoms with Crippen LogP contribution in [0.5, 0.6) is 0 Å². The second-order valence-corrected chi connectivity index (χ2v) is 3.74. The summed E-state index contributed by atoms with van der Waals surface area (Å²) in [7, 11) is 0. The molecule has 0 aromatic heterocycles. The molecule has 1 saturated carbocycles. The van der Waals surface area contributed by atoms with Crippen LogP contribution in [0.4, 0.5) is 0 Å². The zero-order chi connectivity index (χ0) is 9.14. The van der Waals surface area contributed by atoms with Crippen LogP contribution in [-0.4, -0.2) is 11.6 Å². The van der Waals surface area contributed by atoms with Crippen LogP contribution >= 0.6 is 0 Å². The molecule has 0 radical (unpaired) electrons. The fraction of sp³-hybridized carbons (Fsp3) is 0.800. The molecule has 12 heavy (non-hydrogen) atoms. The average molecular weight is 168 g/mol. The van der Waals surface area contributed by atoms with Gasteiger partial charge >= 0.3 is 0 Å². The van der Waals surface area contributed by atoms with E-state index < -0.39 is 0 Å². The third kappa shape index (κ3) is 1.93. The lowest BCUT2D eigenvalue weighted by Crippen LogP contribution is -2.26. The molecule has 0 saturated heterocycles. The Balaban J connectivity index is 2.64. The lowest BCUT2D eigenvalue weighted by molar-refractivity contribution is -0.132. The highest BCUT2D eigenvalue weighted by Crippen LogP contribution is 2.32. The Hall–Kier alpha value is -0.660. The average Bonchev–Trinajstić information content (AvgIpc) is 2.37. The van der Waals surface area contributed by atoms with Gasteiger partial charge < -0.3 is 0 Å². The van der Waals surface area contributed by atoms with Gasteiger partial charge in [-0.3, -0.25) is 9.59 Å². The zero-order valence-electron chi connectivity index (χ0n) is 7.80. The summed E-state index contributed by atoms with van der Waals surface area (Å²) in [5.74, 6) is 0.149. The molecule has 0 unspecified atom stereocenters. The summed E-state index contributed by atoms with van der Waals surface area (Å²) < 4.78 is 0. The van der Waals surface area contributed by atoms with E-state index in [1.54, 1.807) is 0 Å². The van der Waals surface area contributed by atoms with Gasteiger partial charge in [0.1, 0.15) is 11.6 Å². The number of rotatable bonds is 3. The second kappa shape index (κ2) is 3.83. The molecule has 0 aliphatic heterocycles. The lowest BCUT2D eigenvalue weighted by atomic mass is 9.85. The van der Waals surface area contributed by atoms with Gasteiger partial charge in [0, 0.05) is 0 Å². The van der Waals surface area contributed by atoms with Gasteiger partial charge in [-0.15, -0.1) is 0 Å². The highest BCUT2D eigenvalue weighted by molar-refractivity contribution is 6.00. The van der Waals surface area contributed by atoms with Crippen LogP contribution in [0, 0.1) is 11.8 Å². The van der Waals surface area contributed by atoms with E-state index in [2.05, 4.69) is 0 Å². The molecule has 1 aliphatic carbocycles. The summed E-state index contributed by atoms with van der Waals surface area (Å²) >= 11 is 0. The number of ketones is 2. The molecule has 0 bridgehead atoms. The van der Waals surface area contributed by atoms with Crippen LogP contribution in [-0.2, 0) is 9.59 Å². The predicted molar refractivity (Wildman–Crippen MR) is 46.8 cm³/mol. The molecule has 1 aliphatic rings. The minimum Gasteiger partial charge on any atom is -0.299 e. The maximum absolute atomic E-state index is 11.2. The molecular weight excluding hydrogens is 152 g/mol. The maximum atomic E-state index is 11.2. The summed E-state index contributed by atoms with van der Waals surface area (Å²) in [4.78, 5) is 22.3. The van der Waals surface area contributed by atoms with Crippen LogP contribution in [0.2, 0.25) is 0 Å². The number of carbonyl (C=O) groups excluding carboxylic acids is 2. The number of hydrogen-bond acceptors (Lipinski definition) is 2. The van der Waals surface area contributed by atoms with E-state index in [9.17, 15) is 9.59 Å². The molecule has 2 heteroatoms. The van der Waals surface area contributed by atoms with Gasteiger partial charge in [-0.1, -0.05) is 12.8 Å². The zero-order valence-corrected chi connectivity index (χ0v) is 7.80. The number of Topliss-reactive ketones (excluding diaryl/α,β-unsaturated/α-hetero) is 2. The van der Waals surface area contributed by atoms with E-state index in [1.165, 1.54) is 26.7 Å². The van der Waals surface area contributed by atoms with Crippen LogP contribution in [0.25, 0.3) is 0 Å². The van der Waals surface area contributed by atoms with Crippen LogP contribution in [0.1, 0.15) is 39.5 Å². The molecule has 1 fully saturated rings. The Labute approximate surface area is 73.3 Å². The van der Waals surface area contributed by atoms with E-state index >= 15 is 0 Å². The number of carbonyl (C=O) groups is 2. The van der Waals surface area contributed by atoms with Crippen molar-refractivity contribution in [3.05, 3.63) is 0 Å². The first-order valence-corrected chi connectivity index (χ1v) is 4.64. The third-order valence-electron chi connectivity index (χ3n) is 2.75. The predicted octanol–water partition coefficient (Wildman–Crippen LogP) is 1.97. The Kier molecular flexibility index (Phi) is 3.01. The third-order valence-corrected chi connectivity index (χ3v) is 2.75. The molecule has 68 valence electrons. The van der Waals surface area contributed by atoms with Crippen molar-refractivity contribution < 1.29 is 9.59 Å². The maximum Gasteiger partial charge on any atom is 0.140 e. The van der Waals surface area contributed by atoms with Gasteiger partial charge in [0.15, 0.2) is 0 Å². The fourth-order valence-corrected chi connectivity index (χ4v) is 2.24. The smallest absolute Gasteiger partial charge is 0.140 e. The molecule has 0 atom stereocenters. The minimum atomic E-state index is -0.299. The molecule has 0 N–H and O–H groups in total. The molecule has 0 aromatic carbocycles. The Morgan fingerprint density at radius 1 is 1.08 bits per heavy atom. The van der Waals surface area contributed by atoms with Crippen LogP contribution in [0.3, 0.4) is 0 Å². The molecule has 2 nitrogen and oxygen atoms in total. The van der Waals surface area contributed by atoms with Crippen molar-refractivity contribution in [3.63, 3.8) is 0 Å². The van der Waals surface area contributed by atoms with Gasteiger partial charge in [0.05, 0.1) is 5.92 Å². The molecule has 0 heterocycles.